The number of methoxy groups -OCH3 is 1. The molecule has 1 aromatic rings. The average molecular weight is 331 g/mol. The summed E-state index contributed by atoms with van der Waals surface area (Å²) in [5.41, 5.74) is 0.409. The van der Waals surface area contributed by atoms with Gasteiger partial charge in [-0.15, -0.1) is 0 Å². The summed E-state index contributed by atoms with van der Waals surface area (Å²) in [5.74, 6) is 0.178. The first kappa shape index (κ1) is 11.8. The van der Waals surface area contributed by atoms with E-state index < -0.39 is 6.43 Å². The van der Waals surface area contributed by atoms with Gasteiger partial charge in [0.05, 0.1) is 11.6 Å². The van der Waals surface area contributed by atoms with Crippen LogP contribution in [0.4, 0.5) is 8.78 Å². The molecule has 1 rings (SSSR count). The maximum absolute atomic E-state index is 12.4. The van der Waals surface area contributed by atoms with Gasteiger partial charge < -0.3 is 4.74 Å². The summed E-state index contributed by atoms with van der Waals surface area (Å²) in [5, 5.41) is 0.464. The maximum atomic E-state index is 12.4. The molecule has 1 heterocycles. The third kappa shape index (κ3) is 2.42. The Bertz CT molecular complexity index is 308. The van der Waals surface area contributed by atoms with E-state index in [4.69, 9.17) is 4.74 Å². The Hall–Kier alpha value is -0.230. The molecule has 0 aliphatic heterocycles. The van der Waals surface area contributed by atoms with E-state index in [0.717, 1.165) is 0 Å². The maximum Gasteiger partial charge on any atom is 0.280 e. The van der Waals surface area contributed by atoms with Crippen LogP contribution in [0.15, 0.2) is 10.5 Å². The lowest BCUT2D eigenvalue weighted by molar-refractivity contribution is 0.145. The minimum atomic E-state index is -2.59. The minimum absolute atomic E-state index is 0.178. The molecule has 0 spiro atoms. The molecule has 1 aromatic heterocycles. The van der Waals surface area contributed by atoms with E-state index in [2.05, 4.69) is 36.8 Å². The molecule has 0 saturated carbocycles. The van der Waals surface area contributed by atoms with Crippen molar-refractivity contribution in [1.82, 2.24) is 4.98 Å². The normalized spacial score (nSPS) is 10.7. The van der Waals surface area contributed by atoms with E-state index in [-0.39, 0.29) is 11.6 Å². The lowest BCUT2D eigenvalue weighted by Gasteiger charge is -2.08. The van der Waals surface area contributed by atoms with Gasteiger partial charge in [-0.2, -0.15) is 0 Å². The van der Waals surface area contributed by atoms with Crippen LogP contribution in [0.25, 0.3) is 0 Å². The molecule has 0 unspecified atom stereocenters. The molecule has 14 heavy (non-hydrogen) atoms. The Morgan fingerprint density at radius 1 is 1.57 bits per heavy atom. The first-order valence-electron chi connectivity index (χ1n) is 3.67. The summed E-state index contributed by atoms with van der Waals surface area (Å²) in [7, 11) is 1.39. The number of ether oxygens (including phenoxy) is 1. The van der Waals surface area contributed by atoms with Crippen LogP contribution in [0.3, 0.4) is 0 Å². The van der Waals surface area contributed by atoms with Crippen molar-refractivity contribution in [2.24, 2.45) is 0 Å². The van der Waals surface area contributed by atoms with Gasteiger partial charge in [-0.1, -0.05) is 15.9 Å². The van der Waals surface area contributed by atoms with Crippen LogP contribution in [0.5, 0.6) is 5.88 Å². The summed E-state index contributed by atoms with van der Waals surface area (Å²) in [6.07, 6.45) is -2.59. The first-order valence-corrected chi connectivity index (χ1v) is 5.59. The monoisotopic (exact) mass is 329 g/mol. The molecule has 6 heteroatoms. The second-order valence-corrected chi connectivity index (χ2v) is 3.82. The molecule has 0 saturated heterocycles. The predicted molar refractivity (Wildman–Crippen MR) is 56.1 cm³/mol. The van der Waals surface area contributed by atoms with E-state index in [0.29, 0.717) is 15.4 Å². The van der Waals surface area contributed by atoms with Crippen LogP contribution < -0.4 is 4.74 Å². The molecular formula is C8H7Br2F2NO. The van der Waals surface area contributed by atoms with Crippen LogP contribution in [0.2, 0.25) is 0 Å². The second-order valence-electron chi connectivity index (χ2n) is 2.46. The standard InChI is InChI=1S/C8H7Br2F2NO/c1-14-8-6(10)4(3-9)2-5(13-8)7(11)12/h2,7H,3H2,1H3. The summed E-state index contributed by atoms with van der Waals surface area (Å²) >= 11 is 6.42. The van der Waals surface area contributed by atoms with Crippen LogP contribution in [0, 0.1) is 0 Å². The third-order valence-electron chi connectivity index (χ3n) is 1.58. The number of hydrogen-bond acceptors (Lipinski definition) is 2. The molecule has 78 valence electrons. The van der Waals surface area contributed by atoms with E-state index in [9.17, 15) is 8.78 Å². The number of alkyl halides is 3. The topological polar surface area (TPSA) is 22.1 Å². The third-order valence-corrected chi connectivity index (χ3v) is 3.04. The highest BCUT2D eigenvalue weighted by Gasteiger charge is 2.15. The smallest absolute Gasteiger partial charge is 0.280 e. The largest absolute Gasteiger partial charge is 0.480 e. The number of aromatic nitrogens is 1. The van der Waals surface area contributed by atoms with Crippen molar-refractivity contribution in [3.63, 3.8) is 0 Å². The Morgan fingerprint density at radius 3 is 2.64 bits per heavy atom. The molecule has 0 radical (unpaired) electrons. The molecule has 0 aliphatic rings. The zero-order valence-corrected chi connectivity index (χ0v) is 10.4. The molecule has 0 aromatic carbocycles. The van der Waals surface area contributed by atoms with Crippen LogP contribution in [-0.2, 0) is 5.33 Å². The average Bonchev–Trinajstić information content (AvgIpc) is 2.17. The zero-order valence-electron chi connectivity index (χ0n) is 7.23. The number of nitrogens with zero attached hydrogens (tertiary/aromatic N) is 1. The van der Waals surface area contributed by atoms with Gasteiger partial charge in [0.15, 0.2) is 0 Å². The molecule has 0 fully saturated rings. The number of rotatable bonds is 3. The molecule has 2 nitrogen and oxygen atoms in total. The lowest BCUT2D eigenvalue weighted by Crippen LogP contribution is -1.98. The van der Waals surface area contributed by atoms with Gasteiger partial charge in [0.1, 0.15) is 5.69 Å². The highest BCUT2D eigenvalue weighted by molar-refractivity contribution is 9.10. The quantitative estimate of drug-likeness (QED) is 0.789. The van der Waals surface area contributed by atoms with Gasteiger partial charge in [0.25, 0.3) is 6.43 Å². The minimum Gasteiger partial charge on any atom is -0.480 e. The van der Waals surface area contributed by atoms with Crippen molar-refractivity contribution in [2.45, 2.75) is 11.8 Å². The fourth-order valence-corrected chi connectivity index (χ4v) is 2.25. The van der Waals surface area contributed by atoms with Crippen LogP contribution >= 0.6 is 31.9 Å². The van der Waals surface area contributed by atoms with Crippen molar-refractivity contribution >= 4 is 31.9 Å². The Morgan fingerprint density at radius 2 is 2.21 bits per heavy atom. The summed E-state index contributed by atoms with van der Waals surface area (Å²) in [4.78, 5) is 3.66. The van der Waals surface area contributed by atoms with Gasteiger partial charge in [0.2, 0.25) is 5.88 Å². The van der Waals surface area contributed by atoms with Gasteiger partial charge >= 0.3 is 0 Å². The van der Waals surface area contributed by atoms with Crippen LogP contribution in [-0.4, -0.2) is 12.1 Å². The van der Waals surface area contributed by atoms with Crippen LogP contribution in [0.1, 0.15) is 17.7 Å². The molecule has 0 atom stereocenters. The molecule has 0 aliphatic carbocycles. The summed E-state index contributed by atoms with van der Waals surface area (Å²) in [6.45, 7) is 0. The van der Waals surface area contributed by atoms with E-state index >= 15 is 0 Å². The number of hydrogen-bond donors (Lipinski definition) is 0. The first-order chi connectivity index (χ1) is 6.60. The summed E-state index contributed by atoms with van der Waals surface area (Å²) < 4.78 is 30.2. The van der Waals surface area contributed by atoms with E-state index in [1.54, 1.807) is 0 Å². The van der Waals surface area contributed by atoms with Crippen molar-refractivity contribution in [3.8, 4) is 5.88 Å². The lowest BCUT2D eigenvalue weighted by atomic mass is 10.2. The van der Waals surface area contributed by atoms with Gasteiger partial charge in [-0.25, -0.2) is 13.8 Å². The Kier molecular flexibility index (Phi) is 4.25. The second kappa shape index (κ2) is 5.02. The van der Waals surface area contributed by atoms with E-state index in [1.165, 1.54) is 13.2 Å². The van der Waals surface area contributed by atoms with Crippen molar-refractivity contribution < 1.29 is 13.5 Å². The fraction of sp³-hybridized carbons (Fsp3) is 0.375. The van der Waals surface area contributed by atoms with Crippen molar-refractivity contribution in [3.05, 3.63) is 21.8 Å². The molecule has 0 amide bonds. The molecule has 0 bridgehead atoms. The number of halogens is 4. The summed E-state index contributed by atoms with van der Waals surface area (Å²) in [6, 6.07) is 1.34. The Balaban J connectivity index is 3.25. The van der Waals surface area contributed by atoms with E-state index in [1.807, 2.05) is 0 Å². The van der Waals surface area contributed by atoms with Crippen molar-refractivity contribution in [1.29, 1.82) is 0 Å². The SMILES string of the molecule is COc1nc(C(F)F)cc(CBr)c1Br. The van der Waals surface area contributed by atoms with Crippen molar-refractivity contribution in [2.75, 3.05) is 7.11 Å². The zero-order chi connectivity index (χ0) is 10.7. The predicted octanol–water partition coefficient (Wildman–Crippen LogP) is 3.69. The van der Waals surface area contributed by atoms with Gasteiger partial charge in [0, 0.05) is 5.33 Å². The molecular weight excluding hydrogens is 324 g/mol. The Labute approximate surface area is 96.9 Å². The fourth-order valence-electron chi connectivity index (χ4n) is 0.922. The highest BCUT2D eigenvalue weighted by atomic mass is 79.9. The van der Waals surface area contributed by atoms with Gasteiger partial charge in [-0.05, 0) is 27.6 Å². The van der Waals surface area contributed by atoms with Gasteiger partial charge in [-0.3, -0.25) is 0 Å². The highest BCUT2D eigenvalue weighted by Crippen LogP contribution is 2.31. The number of pyridine rings is 1. The molecule has 0 N–H and O–H groups in total.